The van der Waals surface area contributed by atoms with Gasteiger partial charge in [-0.1, -0.05) is 15.9 Å². The maximum absolute atomic E-state index is 11.9. The maximum Gasteiger partial charge on any atom is 0.226 e. The summed E-state index contributed by atoms with van der Waals surface area (Å²) < 4.78 is 7.80. The third-order valence-corrected chi connectivity index (χ3v) is 3.06. The van der Waals surface area contributed by atoms with E-state index in [0.29, 0.717) is 24.4 Å². The molecular weight excluding hydrogens is 310 g/mol. The van der Waals surface area contributed by atoms with Gasteiger partial charge in [0.25, 0.3) is 0 Å². The van der Waals surface area contributed by atoms with Crippen LogP contribution in [0.5, 0.6) is 5.75 Å². The summed E-state index contributed by atoms with van der Waals surface area (Å²) in [6.45, 7) is 0.551. The molecule has 2 rings (SSSR count). The van der Waals surface area contributed by atoms with Gasteiger partial charge < -0.3 is 10.1 Å². The van der Waals surface area contributed by atoms with Crippen LogP contribution in [0.3, 0.4) is 0 Å². The minimum atomic E-state index is -0.0769. The molecule has 1 amide bonds. The number of carbonyl (C=O) groups excluding carboxylic acids is 1. The number of methoxy groups -OCH3 is 1. The summed E-state index contributed by atoms with van der Waals surface area (Å²) in [6, 6.07) is 7.30. The number of amides is 1. The van der Waals surface area contributed by atoms with Gasteiger partial charge in [-0.3, -0.25) is 9.48 Å². The van der Waals surface area contributed by atoms with Crippen molar-refractivity contribution in [2.75, 3.05) is 12.4 Å². The van der Waals surface area contributed by atoms with Crippen LogP contribution in [0.1, 0.15) is 6.42 Å². The second-order valence-corrected chi connectivity index (χ2v) is 4.83. The molecule has 1 heterocycles. The third-order valence-electron chi connectivity index (χ3n) is 2.56. The summed E-state index contributed by atoms with van der Waals surface area (Å²) in [5.74, 6) is 0.558. The summed E-state index contributed by atoms with van der Waals surface area (Å²) >= 11 is 3.36. The van der Waals surface area contributed by atoms with Gasteiger partial charge in [0.2, 0.25) is 5.91 Å². The van der Waals surface area contributed by atoms with Gasteiger partial charge in [0.15, 0.2) is 0 Å². The van der Waals surface area contributed by atoms with Crippen molar-refractivity contribution in [2.45, 2.75) is 13.0 Å². The van der Waals surface area contributed by atoms with E-state index >= 15 is 0 Å². The second-order valence-electron chi connectivity index (χ2n) is 3.91. The summed E-state index contributed by atoms with van der Waals surface area (Å²) in [7, 11) is 1.57. The molecule has 1 aromatic heterocycles. The highest BCUT2D eigenvalue weighted by molar-refractivity contribution is 9.10. The molecule has 0 aliphatic carbocycles. The van der Waals surface area contributed by atoms with Gasteiger partial charge in [-0.05, 0) is 24.3 Å². The molecule has 2 aromatic rings. The fourth-order valence-electron chi connectivity index (χ4n) is 1.64. The van der Waals surface area contributed by atoms with E-state index in [2.05, 4.69) is 26.3 Å². The molecule has 0 saturated carbocycles. The number of aryl methyl sites for hydroxylation is 1. The largest absolute Gasteiger partial charge is 0.495 e. The van der Waals surface area contributed by atoms with Crippen LogP contribution in [0, 0.1) is 0 Å². The molecule has 0 aliphatic heterocycles. The van der Waals surface area contributed by atoms with Gasteiger partial charge in [-0.2, -0.15) is 5.10 Å². The smallest absolute Gasteiger partial charge is 0.226 e. The molecule has 0 saturated heterocycles. The number of nitrogens with zero attached hydrogens (tertiary/aromatic N) is 2. The van der Waals surface area contributed by atoms with Crippen molar-refractivity contribution in [2.24, 2.45) is 0 Å². The Morgan fingerprint density at radius 2 is 2.37 bits per heavy atom. The van der Waals surface area contributed by atoms with Gasteiger partial charge in [-0.15, -0.1) is 0 Å². The topological polar surface area (TPSA) is 56.1 Å². The van der Waals surface area contributed by atoms with Crippen molar-refractivity contribution in [1.29, 1.82) is 0 Å². The molecule has 6 heteroatoms. The Bertz CT molecular complexity index is 555. The predicted molar refractivity (Wildman–Crippen MR) is 76.2 cm³/mol. The average molecular weight is 324 g/mol. The average Bonchev–Trinajstić information content (AvgIpc) is 2.90. The van der Waals surface area contributed by atoms with E-state index in [0.717, 1.165) is 4.47 Å². The minimum Gasteiger partial charge on any atom is -0.495 e. The van der Waals surface area contributed by atoms with Crippen LogP contribution in [-0.2, 0) is 11.3 Å². The second kappa shape index (κ2) is 6.38. The van der Waals surface area contributed by atoms with Crippen molar-refractivity contribution >= 4 is 27.5 Å². The Morgan fingerprint density at radius 3 is 3.05 bits per heavy atom. The molecule has 1 N–H and O–H groups in total. The molecule has 100 valence electrons. The molecule has 0 aliphatic rings. The van der Waals surface area contributed by atoms with Crippen molar-refractivity contribution < 1.29 is 9.53 Å². The first-order valence-electron chi connectivity index (χ1n) is 5.80. The van der Waals surface area contributed by atoms with Crippen molar-refractivity contribution in [3.05, 3.63) is 41.1 Å². The SMILES string of the molecule is COc1ccc(Br)cc1NC(=O)CCn1cccn1. The highest BCUT2D eigenvalue weighted by Crippen LogP contribution is 2.27. The van der Waals surface area contributed by atoms with Crippen molar-refractivity contribution in [1.82, 2.24) is 9.78 Å². The van der Waals surface area contributed by atoms with Gasteiger partial charge >= 0.3 is 0 Å². The van der Waals surface area contributed by atoms with E-state index in [-0.39, 0.29) is 5.91 Å². The number of benzene rings is 1. The Labute approximate surface area is 119 Å². The Balaban J connectivity index is 1.96. The molecule has 5 nitrogen and oxygen atoms in total. The molecule has 1 aromatic carbocycles. The molecule has 0 fully saturated rings. The van der Waals surface area contributed by atoms with Gasteiger partial charge in [0.05, 0.1) is 12.8 Å². The normalized spacial score (nSPS) is 10.2. The predicted octanol–water partition coefficient (Wildman–Crippen LogP) is 2.68. The summed E-state index contributed by atoms with van der Waals surface area (Å²) in [4.78, 5) is 11.9. The number of hydrogen-bond donors (Lipinski definition) is 1. The number of anilines is 1. The van der Waals surface area contributed by atoms with E-state index < -0.39 is 0 Å². The lowest BCUT2D eigenvalue weighted by atomic mass is 10.3. The van der Waals surface area contributed by atoms with Crippen LogP contribution in [0.25, 0.3) is 0 Å². The molecule has 0 spiro atoms. The third kappa shape index (κ3) is 3.82. The van der Waals surface area contributed by atoms with E-state index in [1.54, 1.807) is 24.1 Å². The molecule has 0 unspecified atom stereocenters. The summed E-state index contributed by atoms with van der Waals surface area (Å²) in [6.07, 6.45) is 3.87. The number of halogens is 1. The standard InChI is InChI=1S/C13H14BrN3O2/c1-19-12-4-3-10(14)9-11(12)16-13(18)5-8-17-7-2-6-15-17/h2-4,6-7,9H,5,8H2,1H3,(H,16,18). The van der Waals surface area contributed by atoms with Gasteiger partial charge in [0, 0.05) is 29.8 Å². The van der Waals surface area contributed by atoms with Crippen molar-refractivity contribution in [3.8, 4) is 5.75 Å². The fourth-order valence-corrected chi connectivity index (χ4v) is 2.00. The van der Waals surface area contributed by atoms with Gasteiger partial charge in [0.1, 0.15) is 5.75 Å². The first-order chi connectivity index (χ1) is 9.19. The molecule has 19 heavy (non-hydrogen) atoms. The van der Waals surface area contributed by atoms with E-state index in [1.165, 1.54) is 0 Å². The first-order valence-corrected chi connectivity index (χ1v) is 6.59. The minimum absolute atomic E-state index is 0.0769. The number of ether oxygens (including phenoxy) is 1. The quantitative estimate of drug-likeness (QED) is 0.920. The van der Waals surface area contributed by atoms with Crippen LogP contribution in [-0.4, -0.2) is 22.8 Å². The Hall–Kier alpha value is -1.82. The van der Waals surface area contributed by atoms with Crippen LogP contribution in [0.15, 0.2) is 41.1 Å². The molecule has 0 radical (unpaired) electrons. The number of aromatic nitrogens is 2. The maximum atomic E-state index is 11.9. The monoisotopic (exact) mass is 323 g/mol. The highest BCUT2D eigenvalue weighted by Gasteiger charge is 2.08. The Kier molecular flexibility index (Phi) is 4.57. The first kappa shape index (κ1) is 13.6. The van der Waals surface area contributed by atoms with Crippen LogP contribution in [0.4, 0.5) is 5.69 Å². The lowest BCUT2D eigenvalue weighted by Gasteiger charge is -2.10. The zero-order valence-electron chi connectivity index (χ0n) is 10.5. The number of nitrogens with one attached hydrogen (secondary N) is 1. The zero-order valence-corrected chi connectivity index (χ0v) is 12.1. The summed E-state index contributed by atoms with van der Waals surface area (Å²) in [5, 5.41) is 6.88. The highest BCUT2D eigenvalue weighted by atomic mass is 79.9. The molecular formula is C13H14BrN3O2. The summed E-state index contributed by atoms with van der Waals surface area (Å²) in [5.41, 5.74) is 0.655. The zero-order chi connectivity index (χ0) is 13.7. The van der Waals surface area contributed by atoms with Crippen molar-refractivity contribution in [3.63, 3.8) is 0 Å². The number of carbonyl (C=O) groups is 1. The van der Waals surface area contributed by atoms with E-state index in [4.69, 9.17) is 4.74 Å². The van der Waals surface area contributed by atoms with Crippen LogP contribution in [0.2, 0.25) is 0 Å². The van der Waals surface area contributed by atoms with Crippen LogP contribution < -0.4 is 10.1 Å². The number of rotatable bonds is 5. The fraction of sp³-hybridized carbons (Fsp3) is 0.231. The lowest BCUT2D eigenvalue weighted by Crippen LogP contribution is -2.15. The van der Waals surface area contributed by atoms with Crippen LogP contribution >= 0.6 is 15.9 Å². The van der Waals surface area contributed by atoms with Gasteiger partial charge in [-0.25, -0.2) is 0 Å². The van der Waals surface area contributed by atoms with E-state index in [1.807, 2.05) is 24.4 Å². The molecule has 0 atom stereocenters. The molecule has 0 bridgehead atoms. The lowest BCUT2D eigenvalue weighted by molar-refractivity contribution is -0.116. The Morgan fingerprint density at radius 1 is 1.53 bits per heavy atom. The number of hydrogen-bond acceptors (Lipinski definition) is 3. The van der Waals surface area contributed by atoms with E-state index in [9.17, 15) is 4.79 Å².